The number of carbonyl (C=O) groups excluding carboxylic acids is 1. The molecular weight excluding hydrogens is 658 g/mol. The molecule has 1 atom stereocenters. The van der Waals surface area contributed by atoms with Crippen LogP contribution >= 0.6 is 11.6 Å². The number of amides is 1. The van der Waals surface area contributed by atoms with E-state index in [0.29, 0.717) is 39.7 Å². The summed E-state index contributed by atoms with van der Waals surface area (Å²) >= 11 is 6.74. The maximum atomic E-state index is 13.7. The van der Waals surface area contributed by atoms with Crippen molar-refractivity contribution < 1.29 is 37.0 Å². The molecule has 6 rings (SSSR count). The number of anilines is 2. The molecule has 0 radical (unpaired) electrons. The minimum absolute atomic E-state index is 0.0242. The molecule has 0 bridgehead atoms. The van der Waals surface area contributed by atoms with E-state index in [9.17, 15) is 32.3 Å². The van der Waals surface area contributed by atoms with Gasteiger partial charge in [0.2, 0.25) is 5.96 Å². The Kier molecular flexibility index (Phi) is 8.54. The van der Waals surface area contributed by atoms with Crippen LogP contribution in [-0.4, -0.2) is 45.4 Å². The van der Waals surface area contributed by atoms with Crippen molar-refractivity contribution >= 4 is 46.8 Å². The Hall–Kier alpha value is -5.83. The van der Waals surface area contributed by atoms with E-state index in [1.54, 1.807) is 19.1 Å². The first kappa shape index (κ1) is 32.1. The standard InChI is InChI=1S/C32H22ClF4N7O4/c1-15-27(29(45)42-25-11-17(30(46)47)8-9-38-25)28(44-31(40-15)43-26-14-48-23-12-19(34)4-6-22(23)41-26)20-5-2-16(10-21(20)33)18-3-7-24(39-13-18)32(35,36)37/h2-13,28H,14H2,1H3,(H,46,47)(H,38,42,45)(H2,40,41,43,44). The number of hydrogen-bond acceptors (Lipinski definition) is 8. The molecule has 244 valence electrons. The lowest BCUT2D eigenvalue weighted by Gasteiger charge is -2.27. The number of fused-ring (bicyclic) bond motifs is 1. The minimum atomic E-state index is -4.60. The van der Waals surface area contributed by atoms with E-state index in [2.05, 4.69) is 35.9 Å². The molecule has 1 unspecified atom stereocenters. The Morgan fingerprint density at radius 1 is 1.04 bits per heavy atom. The molecule has 11 nitrogen and oxygen atoms in total. The van der Waals surface area contributed by atoms with E-state index in [-0.39, 0.29) is 34.5 Å². The second-order valence-electron chi connectivity index (χ2n) is 10.5. The zero-order chi connectivity index (χ0) is 34.2. The largest absolute Gasteiger partial charge is 0.483 e. The molecular formula is C32H22ClF4N7O4. The molecule has 2 aliphatic rings. The summed E-state index contributed by atoms with van der Waals surface area (Å²) in [5.74, 6) is -1.67. The molecule has 2 aromatic heterocycles. The van der Waals surface area contributed by atoms with E-state index >= 15 is 0 Å². The second kappa shape index (κ2) is 12.8. The van der Waals surface area contributed by atoms with Gasteiger partial charge in [0.25, 0.3) is 5.91 Å². The molecule has 48 heavy (non-hydrogen) atoms. The van der Waals surface area contributed by atoms with Crippen LogP contribution < -0.4 is 20.7 Å². The fraction of sp³-hybridized carbons (Fsp3) is 0.125. The van der Waals surface area contributed by atoms with Crippen molar-refractivity contribution in [1.82, 2.24) is 15.3 Å². The van der Waals surface area contributed by atoms with Crippen molar-refractivity contribution in [2.45, 2.75) is 19.1 Å². The highest BCUT2D eigenvalue weighted by Crippen LogP contribution is 2.38. The third-order valence-corrected chi connectivity index (χ3v) is 7.56. The summed E-state index contributed by atoms with van der Waals surface area (Å²) in [7, 11) is 0. The number of allylic oxidation sites excluding steroid dienone is 1. The number of amidine groups is 1. The number of carbonyl (C=O) groups is 2. The van der Waals surface area contributed by atoms with Gasteiger partial charge in [0, 0.05) is 40.3 Å². The lowest BCUT2D eigenvalue weighted by atomic mass is 9.94. The normalized spacial score (nSPS) is 16.7. The van der Waals surface area contributed by atoms with Gasteiger partial charge in [0.05, 0.1) is 16.8 Å². The van der Waals surface area contributed by atoms with Crippen LogP contribution in [0.25, 0.3) is 11.1 Å². The molecule has 0 spiro atoms. The first-order chi connectivity index (χ1) is 22.9. The molecule has 0 saturated heterocycles. The number of carboxylic acids is 1. The molecule has 4 aromatic rings. The Labute approximate surface area is 274 Å². The van der Waals surface area contributed by atoms with Gasteiger partial charge in [-0.2, -0.15) is 18.2 Å². The number of pyridine rings is 2. The van der Waals surface area contributed by atoms with Crippen molar-refractivity contribution in [3.8, 4) is 16.9 Å². The Morgan fingerprint density at radius 2 is 1.83 bits per heavy atom. The van der Waals surface area contributed by atoms with Crippen molar-refractivity contribution in [3.05, 3.63) is 112 Å². The van der Waals surface area contributed by atoms with Crippen molar-refractivity contribution in [3.63, 3.8) is 0 Å². The Morgan fingerprint density at radius 3 is 2.54 bits per heavy atom. The van der Waals surface area contributed by atoms with Crippen molar-refractivity contribution in [1.29, 1.82) is 0 Å². The zero-order valence-electron chi connectivity index (χ0n) is 24.6. The molecule has 2 aromatic carbocycles. The summed E-state index contributed by atoms with van der Waals surface area (Å²) in [4.78, 5) is 41.9. The summed E-state index contributed by atoms with van der Waals surface area (Å²) in [5, 5.41) is 18.1. The van der Waals surface area contributed by atoms with Gasteiger partial charge < -0.3 is 25.8 Å². The molecule has 0 aliphatic carbocycles. The van der Waals surface area contributed by atoms with Gasteiger partial charge in [-0.15, -0.1) is 0 Å². The third-order valence-electron chi connectivity index (χ3n) is 7.23. The average molecular weight is 680 g/mol. The topological polar surface area (TPSA) is 150 Å². The van der Waals surface area contributed by atoms with Gasteiger partial charge in [-0.1, -0.05) is 29.8 Å². The molecule has 4 heterocycles. The van der Waals surface area contributed by atoms with Crippen LogP contribution in [0.2, 0.25) is 5.02 Å². The van der Waals surface area contributed by atoms with Crippen LogP contribution in [0.1, 0.15) is 34.6 Å². The number of carboxylic acid groups (broad SMARTS) is 1. The van der Waals surface area contributed by atoms with E-state index in [1.807, 2.05) is 0 Å². The minimum Gasteiger partial charge on any atom is -0.483 e. The summed E-state index contributed by atoms with van der Waals surface area (Å²) in [6, 6.07) is 12.2. The highest BCUT2D eigenvalue weighted by atomic mass is 35.5. The van der Waals surface area contributed by atoms with E-state index in [4.69, 9.17) is 16.3 Å². The SMILES string of the molecule is CC1=C(C(=O)Nc2cc(C(=O)O)ccn2)C(c2ccc(-c3ccc(C(F)(F)F)nc3)cc2Cl)N=C(/N=C2/COc3cc(F)ccc3N2)N1. The first-order valence-electron chi connectivity index (χ1n) is 14.0. The highest BCUT2D eigenvalue weighted by molar-refractivity contribution is 6.32. The molecule has 16 heteroatoms. The molecule has 1 amide bonds. The molecule has 0 fully saturated rings. The summed E-state index contributed by atoms with van der Waals surface area (Å²) in [6.07, 6.45) is -2.28. The smallest absolute Gasteiger partial charge is 0.433 e. The van der Waals surface area contributed by atoms with Crippen LogP contribution in [0, 0.1) is 5.82 Å². The predicted octanol–water partition coefficient (Wildman–Crippen LogP) is 6.47. The number of benzene rings is 2. The predicted molar refractivity (Wildman–Crippen MR) is 168 cm³/mol. The number of aliphatic imine (C=N–C) groups is 2. The number of rotatable bonds is 5. The summed E-state index contributed by atoms with van der Waals surface area (Å²) in [6.45, 7) is 1.57. The number of aromatic carboxylic acids is 1. The number of hydrogen-bond donors (Lipinski definition) is 4. The number of alkyl halides is 3. The third kappa shape index (κ3) is 6.80. The van der Waals surface area contributed by atoms with E-state index in [1.165, 1.54) is 48.7 Å². The number of guanidine groups is 1. The van der Waals surface area contributed by atoms with Crippen LogP contribution in [-0.2, 0) is 11.0 Å². The maximum Gasteiger partial charge on any atom is 0.433 e. The number of halogens is 5. The van der Waals surface area contributed by atoms with Crippen LogP contribution in [0.3, 0.4) is 0 Å². The van der Waals surface area contributed by atoms with E-state index < -0.39 is 35.6 Å². The number of aromatic nitrogens is 2. The van der Waals surface area contributed by atoms with Gasteiger partial charge >= 0.3 is 12.1 Å². The molecule has 2 aliphatic heterocycles. The van der Waals surface area contributed by atoms with Gasteiger partial charge in [-0.05, 0) is 48.9 Å². The van der Waals surface area contributed by atoms with Crippen LogP contribution in [0.4, 0.5) is 29.1 Å². The molecule has 0 saturated carbocycles. The maximum absolute atomic E-state index is 13.7. The summed E-state index contributed by atoms with van der Waals surface area (Å²) in [5.41, 5.74) is 0.953. The number of nitrogens with zero attached hydrogens (tertiary/aromatic N) is 4. The Bertz CT molecular complexity index is 2050. The average Bonchev–Trinajstić information content (AvgIpc) is 3.04. The van der Waals surface area contributed by atoms with Gasteiger partial charge in [0.1, 0.15) is 41.6 Å². The lowest BCUT2D eigenvalue weighted by Crippen LogP contribution is -2.35. The highest BCUT2D eigenvalue weighted by Gasteiger charge is 2.33. The van der Waals surface area contributed by atoms with Gasteiger partial charge in [0.15, 0.2) is 0 Å². The molecule has 4 N–H and O–H groups in total. The number of nitrogens with one attached hydrogen (secondary N) is 3. The van der Waals surface area contributed by atoms with Gasteiger partial charge in [-0.25, -0.2) is 19.2 Å². The van der Waals surface area contributed by atoms with Gasteiger partial charge in [-0.3, -0.25) is 9.78 Å². The van der Waals surface area contributed by atoms with Crippen LogP contribution in [0.15, 0.2) is 94.3 Å². The van der Waals surface area contributed by atoms with E-state index in [0.717, 1.165) is 12.3 Å². The monoisotopic (exact) mass is 679 g/mol. The van der Waals surface area contributed by atoms with Crippen LogP contribution in [0.5, 0.6) is 5.75 Å². The zero-order valence-corrected chi connectivity index (χ0v) is 25.3. The summed E-state index contributed by atoms with van der Waals surface area (Å²) < 4.78 is 58.3. The second-order valence-corrected chi connectivity index (χ2v) is 10.9. The fourth-order valence-electron chi connectivity index (χ4n) is 4.96. The lowest BCUT2D eigenvalue weighted by molar-refractivity contribution is -0.141. The quantitative estimate of drug-likeness (QED) is 0.175. The first-order valence-corrected chi connectivity index (χ1v) is 14.4. The fourth-order valence-corrected chi connectivity index (χ4v) is 5.24. The number of ether oxygens (including phenoxy) is 1. The Balaban J connectivity index is 1.36. The van der Waals surface area contributed by atoms with Crippen molar-refractivity contribution in [2.75, 3.05) is 17.2 Å². The van der Waals surface area contributed by atoms with Crippen molar-refractivity contribution in [2.24, 2.45) is 9.98 Å².